The average molecular weight is 423 g/mol. The Morgan fingerprint density at radius 1 is 1.29 bits per heavy atom. The summed E-state index contributed by atoms with van der Waals surface area (Å²) in [6.07, 6.45) is 4.77. The molecule has 0 saturated carbocycles. The Labute approximate surface area is 178 Å². The minimum atomic E-state index is -0.505. The van der Waals surface area contributed by atoms with Gasteiger partial charge in [0, 0.05) is 50.2 Å². The number of hydrogen-bond acceptors (Lipinski definition) is 6. The molecular formula is C22H22FN5O3. The smallest absolute Gasteiger partial charge is 0.293 e. The van der Waals surface area contributed by atoms with Gasteiger partial charge in [-0.25, -0.2) is 9.37 Å². The van der Waals surface area contributed by atoms with Gasteiger partial charge in [0.1, 0.15) is 11.5 Å². The first kappa shape index (κ1) is 20.5. The predicted molar refractivity (Wildman–Crippen MR) is 115 cm³/mol. The van der Waals surface area contributed by atoms with Gasteiger partial charge in [-0.15, -0.1) is 0 Å². The molecule has 3 aromatic rings. The molecule has 1 aliphatic rings. The Morgan fingerprint density at radius 3 is 2.81 bits per heavy atom. The maximum Gasteiger partial charge on any atom is 0.293 e. The Balaban J connectivity index is 1.55. The number of carbonyl (C=O) groups is 1. The fraction of sp³-hybridized carbons (Fsp3) is 0.273. The van der Waals surface area contributed by atoms with Crippen LogP contribution in [0, 0.1) is 15.9 Å². The van der Waals surface area contributed by atoms with Crippen LogP contribution in [0.4, 0.5) is 21.5 Å². The Hall–Kier alpha value is -3.75. The standard InChI is InChI=1S/C22H22FN5O3/c1-26-12-10-24-22(26)21(29)15-8-9-18(20(13-15)28(30)31)25-16-5-4-11-27(14-16)19-7-3-2-6-17(19)23/h2-3,6-10,12-13,16,25H,4-5,11,14H2,1H3. The van der Waals surface area contributed by atoms with E-state index in [4.69, 9.17) is 0 Å². The molecule has 0 amide bonds. The van der Waals surface area contributed by atoms with Crippen molar-refractivity contribution in [3.05, 3.63) is 82.2 Å². The maximum atomic E-state index is 14.2. The highest BCUT2D eigenvalue weighted by atomic mass is 19.1. The number of para-hydroxylation sites is 1. The zero-order valence-corrected chi connectivity index (χ0v) is 17.0. The van der Waals surface area contributed by atoms with Crippen LogP contribution in [0.2, 0.25) is 0 Å². The van der Waals surface area contributed by atoms with Crippen molar-refractivity contribution in [2.45, 2.75) is 18.9 Å². The lowest BCUT2D eigenvalue weighted by Crippen LogP contribution is -2.42. The molecule has 1 aromatic heterocycles. The number of rotatable bonds is 6. The molecule has 1 N–H and O–H groups in total. The van der Waals surface area contributed by atoms with Gasteiger partial charge in [0.25, 0.3) is 5.69 Å². The second-order valence-corrected chi connectivity index (χ2v) is 7.56. The molecule has 2 aromatic carbocycles. The van der Waals surface area contributed by atoms with Crippen molar-refractivity contribution in [1.29, 1.82) is 0 Å². The monoisotopic (exact) mass is 423 g/mol. The number of carbonyl (C=O) groups excluding carboxylic acids is 1. The summed E-state index contributed by atoms with van der Waals surface area (Å²) in [5.41, 5.74) is 0.882. The van der Waals surface area contributed by atoms with Gasteiger partial charge in [0.15, 0.2) is 5.82 Å². The van der Waals surface area contributed by atoms with Gasteiger partial charge in [-0.2, -0.15) is 0 Å². The Kier molecular flexibility index (Phi) is 5.66. The summed E-state index contributed by atoms with van der Waals surface area (Å²) >= 11 is 0. The van der Waals surface area contributed by atoms with Crippen molar-refractivity contribution in [2.24, 2.45) is 7.05 Å². The number of benzene rings is 2. The van der Waals surface area contributed by atoms with Crippen LogP contribution in [0.5, 0.6) is 0 Å². The van der Waals surface area contributed by atoms with E-state index >= 15 is 0 Å². The van der Waals surface area contributed by atoms with Crippen LogP contribution in [0.25, 0.3) is 0 Å². The van der Waals surface area contributed by atoms with E-state index in [1.807, 2.05) is 4.90 Å². The topological polar surface area (TPSA) is 93.3 Å². The van der Waals surface area contributed by atoms with Crippen molar-refractivity contribution in [3.63, 3.8) is 0 Å². The first-order valence-electron chi connectivity index (χ1n) is 10.0. The lowest BCUT2D eigenvalue weighted by atomic mass is 10.0. The van der Waals surface area contributed by atoms with E-state index in [0.717, 1.165) is 19.4 Å². The molecule has 4 rings (SSSR count). The molecule has 1 fully saturated rings. The lowest BCUT2D eigenvalue weighted by molar-refractivity contribution is -0.384. The zero-order chi connectivity index (χ0) is 22.0. The van der Waals surface area contributed by atoms with E-state index in [-0.39, 0.29) is 34.7 Å². The highest BCUT2D eigenvalue weighted by molar-refractivity contribution is 6.07. The summed E-state index contributed by atoms with van der Waals surface area (Å²) in [4.78, 5) is 29.8. The lowest BCUT2D eigenvalue weighted by Gasteiger charge is -2.35. The minimum Gasteiger partial charge on any atom is -0.375 e. The maximum absolute atomic E-state index is 14.2. The van der Waals surface area contributed by atoms with E-state index in [9.17, 15) is 19.3 Å². The van der Waals surface area contributed by atoms with E-state index in [0.29, 0.717) is 17.9 Å². The van der Waals surface area contributed by atoms with Crippen LogP contribution in [-0.2, 0) is 7.05 Å². The SMILES string of the molecule is Cn1ccnc1C(=O)c1ccc(NC2CCCN(c3ccccc3F)C2)c([N+](=O)[O-])c1. The van der Waals surface area contributed by atoms with E-state index in [1.165, 1.54) is 18.3 Å². The van der Waals surface area contributed by atoms with Gasteiger partial charge >= 0.3 is 0 Å². The molecule has 8 nitrogen and oxygen atoms in total. The number of imidazole rings is 1. The molecule has 1 saturated heterocycles. The summed E-state index contributed by atoms with van der Waals surface area (Å²) in [6, 6.07) is 10.9. The number of hydrogen-bond donors (Lipinski definition) is 1. The highest BCUT2D eigenvalue weighted by Gasteiger charge is 2.25. The number of halogens is 1. The second kappa shape index (κ2) is 8.55. The van der Waals surface area contributed by atoms with Crippen LogP contribution < -0.4 is 10.2 Å². The summed E-state index contributed by atoms with van der Waals surface area (Å²) in [7, 11) is 1.69. The Morgan fingerprint density at radius 2 is 2.10 bits per heavy atom. The second-order valence-electron chi connectivity index (χ2n) is 7.56. The molecule has 0 spiro atoms. The number of piperidine rings is 1. The number of nitrogens with one attached hydrogen (secondary N) is 1. The first-order valence-corrected chi connectivity index (χ1v) is 10.0. The molecule has 1 unspecified atom stereocenters. The molecule has 160 valence electrons. The van der Waals surface area contributed by atoms with Crippen molar-refractivity contribution in [3.8, 4) is 0 Å². The van der Waals surface area contributed by atoms with Gasteiger partial charge in [0.2, 0.25) is 5.78 Å². The van der Waals surface area contributed by atoms with Crippen molar-refractivity contribution in [1.82, 2.24) is 9.55 Å². The molecule has 31 heavy (non-hydrogen) atoms. The van der Waals surface area contributed by atoms with Gasteiger partial charge in [-0.05, 0) is 37.1 Å². The number of ketones is 1. The van der Waals surface area contributed by atoms with Gasteiger partial charge < -0.3 is 14.8 Å². The molecule has 9 heteroatoms. The van der Waals surface area contributed by atoms with Gasteiger partial charge in [-0.1, -0.05) is 12.1 Å². The minimum absolute atomic E-state index is 0.0943. The van der Waals surface area contributed by atoms with Crippen LogP contribution in [0.15, 0.2) is 54.9 Å². The number of nitrogens with zero attached hydrogens (tertiary/aromatic N) is 4. The van der Waals surface area contributed by atoms with Crippen molar-refractivity contribution < 1.29 is 14.1 Å². The number of nitro benzene ring substituents is 1. The number of anilines is 2. The van der Waals surface area contributed by atoms with Crippen LogP contribution >= 0.6 is 0 Å². The van der Waals surface area contributed by atoms with Crippen LogP contribution in [-0.4, -0.2) is 39.4 Å². The summed E-state index contributed by atoms with van der Waals surface area (Å²) < 4.78 is 15.7. The van der Waals surface area contributed by atoms with Gasteiger partial charge in [-0.3, -0.25) is 14.9 Å². The third-order valence-electron chi connectivity index (χ3n) is 5.46. The largest absolute Gasteiger partial charge is 0.375 e. The molecular weight excluding hydrogens is 401 g/mol. The first-order chi connectivity index (χ1) is 14.9. The highest BCUT2D eigenvalue weighted by Crippen LogP contribution is 2.30. The summed E-state index contributed by atoms with van der Waals surface area (Å²) in [6.45, 7) is 1.24. The normalized spacial score (nSPS) is 16.2. The predicted octanol–water partition coefficient (Wildman–Crippen LogP) is 3.78. The third kappa shape index (κ3) is 4.25. The van der Waals surface area contributed by atoms with Crippen LogP contribution in [0.3, 0.4) is 0 Å². The Bertz CT molecular complexity index is 1130. The fourth-order valence-corrected chi connectivity index (χ4v) is 3.90. The van der Waals surface area contributed by atoms with Crippen LogP contribution in [0.1, 0.15) is 29.0 Å². The molecule has 0 aliphatic carbocycles. The average Bonchev–Trinajstić information content (AvgIpc) is 3.19. The molecule has 1 aliphatic heterocycles. The third-order valence-corrected chi connectivity index (χ3v) is 5.46. The summed E-state index contributed by atoms with van der Waals surface area (Å²) in [5, 5.41) is 14.9. The van der Waals surface area contributed by atoms with E-state index < -0.39 is 4.92 Å². The van der Waals surface area contributed by atoms with Crippen molar-refractivity contribution in [2.75, 3.05) is 23.3 Å². The van der Waals surface area contributed by atoms with Crippen molar-refractivity contribution >= 4 is 22.8 Å². The molecule has 0 radical (unpaired) electrons. The summed E-state index contributed by atoms with van der Waals surface area (Å²) in [5.74, 6) is -0.459. The van der Waals surface area contributed by atoms with E-state index in [2.05, 4.69) is 10.3 Å². The van der Waals surface area contributed by atoms with E-state index in [1.54, 1.807) is 48.1 Å². The quantitative estimate of drug-likeness (QED) is 0.368. The number of nitro groups is 1. The fourth-order valence-electron chi connectivity index (χ4n) is 3.90. The number of aromatic nitrogens is 2. The molecule has 2 heterocycles. The molecule has 1 atom stereocenters. The molecule has 0 bridgehead atoms. The van der Waals surface area contributed by atoms with Gasteiger partial charge in [0.05, 0.1) is 10.6 Å². The number of aryl methyl sites for hydroxylation is 1. The zero-order valence-electron chi connectivity index (χ0n) is 17.0.